The number of nitrogens with one attached hydrogen (secondary N) is 2. The van der Waals surface area contributed by atoms with Crippen LogP contribution in [0.5, 0.6) is 0 Å². The van der Waals surface area contributed by atoms with Crippen LogP contribution in [-0.4, -0.2) is 29.3 Å². The van der Waals surface area contributed by atoms with Crippen molar-refractivity contribution in [2.45, 2.75) is 56.4 Å². The predicted octanol–water partition coefficient (Wildman–Crippen LogP) is 7.15. The van der Waals surface area contributed by atoms with Gasteiger partial charge in [-0.3, -0.25) is 9.59 Å². The van der Waals surface area contributed by atoms with E-state index in [9.17, 15) is 22.8 Å². The molecule has 2 N–H and O–H groups in total. The summed E-state index contributed by atoms with van der Waals surface area (Å²) < 4.78 is 38.6. The first-order chi connectivity index (χ1) is 20.3. The van der Waals surface area contributed by atoms with Crippen LogP contribution in [0.15, 0.2) is 84.9 Å². The molecule has 2 aliphatic heterocycles. The van der Waals surface area contributed by atoms with Crippen LogP contribution in [0.4, 0.5) is 18.9 Å². The number of hydrogen-bond acceptors (Lipinski definition) is 3. The molecule has 5 nitrogen and oxygen atoms in total. The zero-order valence-corrected chi connectivity index (χ0v) is 23.2. The lowest BCUT2D eigenvalue weighted by atomic mass is 9.79. The first kappa shape index (κ1) is 28.1. The van der Waals surface area contributed by atoms with Gasteiger partial charge >= 0.3 is 6.18 Å². The number of rotatable bonds is 5. The summed E-state index contributed by atoms with van der Waals surface area (Å²) in [6, 6.07) is 23.0. The van der Waals surface area contributed by atoms with Gasteiger partial charge in [0.1, 0.15) is 0 Å². The minimum atomic E-state index is -4.41. The summed E-state index contributed by atoms with van der Waals surface area (Å²) in [4.78, 5) is 29.2. The molecule has 1 saturated heterocycles. The van der Waals surface area contributed by atoms with E-state index in [0.717, 1.165) is 42.6 Å². The smallest absolute Gasteiger partial charge is 0.378 e. The number of amides is 2. The number of alkyl halides is 3. The van der Waals surface area contributed by atoms with Crippen molar-refractivity contribution in [2.24, 2.45) is 11.8 Å². The van der Waals surface area contributed by atoms with Gasteiger partial charge in [0.15, 0.2) is 0 Å². The van der Waals surface area contributed by atoms with Gasteiger partial charge in [-0.15, -0.1) is 0 Å². The molecular weight excluding hydrogens is 539 g/mol. The molecule has 0 aromatic heterocycles. The SMILES string of the molecule is O=C(C=Cc1ccc(C(F)(F)F)cc1)N[C@@H]1CCCC[C@@H]1C(=O)N1CC[C@@H]2[C@H](c3ccccc3)Nc3ccccc3[C@@H]21. The molecule has 3 aromatic rings. The van der Waals surface area contributed by atoms with Gasteiger partial charge in [-0.25, -0.2) is 0 Å². The second-order valence-corrected chi connectivity index (χ2v) is 11.5. The summed E-state index contributed by atoms with van der Waals surface area (Å²) in [6.45, 7) is 0.665. The Labute approximate surface area is 243 Å². The Bertz CT molecular complexity index is 1450. The second-order valence-electron chi connectivity index (χ2n) is 11.5. The molecule has 0 bridgehead atoms. The number of carbonyl (C=O) groups excluding carboxylic acids is 2. The largest absolute Gasteiger partial charge is 0.416 e. The lowest BCUT2D eigenvalue weighted by molar-refractivity contribution is -0.139. The summed E-state index contributed by atoms with van der Waals surface area (Å²) in [5.74, 6) is -0.356. The van der Waals surface area contributed by atoms with Crippen molar-refractivity contribution < 1.29 is 22.8 Å². The van der Waals surface area contributed by atoms with Gasteiger partial charge in [-0.1, -0.05) is 73.5 Å². The second kappa shape index (κ2) is 11.7. The Hall–Kier alpha value is -4.07. The first-order valence-electron chi connectivity index (χ1n) is 14.7. The van der Waals surface area contributed by atoms with Crippen molar-refractivity contribution in [3.8, 4) is 0 Å². The Morgan fingerprint density at radius 2 is 1.60 bits per heavy atom. The van der Waals surface area contributed by atoms with E-state index in [1.165, 1.54) is 29.8 Å². The number of likely N-dealkylation sites (tertiary alicyclic amines) is 1. The molecule has 6 rings (SSSR count). The number of fused-ring (bicyclic) bond motifs is 3. The zero-order valence-electron chi connectivity index (χ0n) is 23.2. The molecule has 0 radical (unpaired) electrons. The van der Waals surface area contributed by atoms with Gasteiger partial charge in [0.05, 0.1) is 23.6 Å². The van der Waals surface area contributed by atoms with Crippen LogP contribution in [0.1, 0.15) is 66.4 Å². The molecule has 3 aliphatic rings. The Balaban J connectivity index is 1.18. The highest BCUT2D eigenvalue weighted by Gasteiger charge is 2.48. The maximum absolute atomic E-state index is 14.2. The third-order valence-electron chi connectivity index (χ3n) is 8.98. The average molecular weight is 574 g/mol. The van der Waals surface area contributed by atoms with Crippen LogP contribution in [0.2, 0.25) is 0 Å². The fraction of sp³-hybridized carbons (Fsp3) is 0.353. The van der Waals surface area contributed by atoms with Gasteiger partial charge < -0.3 is 15.5 Å². The molecule has 2 heterocycles. The van der Waals surface area contributed by atoms with E-state index in [-0.39, 0.29) is 41.8 Å². The minimum Gasteiger partial charge on any atom is -0.378 e. The van der Waals surface area contributed by atoms with Crippen molar-refractivity contribution in [1.82, 2.24) is 10.2 Å². The molecule has 1 saturated carbocycles. The minimum absolute atomic E-state index is 0.0435. The molecule has 42 heavy (non-hydrogen) atoms. The number of para-hydroxylation sites is 1. The summed E-state index contributed by atoms with van der Waals surface area (Å²) in [5.41, 5.74) is 3.16. The number of halogens is 3. The molecule has 0 unspecified atom stereocenters. The number of nitrogens with zero attached hydrogens (tertiary/aromatic N) is 1. The molecule has 3 aromatic carbocycles. The third kappa shape index (κ3) is 5.67. The standard InChI is InChI=1S/C34H34F3N3O2/c35-34(36,37)24-17-14-22(15-18-24)16-19-30(41)38-29-13-7-5-11-26(29)33(42)40-21-20-27-31(23-8-2-1-3-9-23)39-28-12-6-4-10-25(28)32(27)40/h1-4,6,8-10,12,14-19,26-27,29,31-32,39H,5,7,11,13,20-21H2,(H,38,41)/t26-,27+,29+,31-,32-/m0/s1. The van der Waals surface area contributed by atoms with Crippen molar-refractivity contribution in [2.75, 3.05) is 11.9 Å². The summed E-state index contributed by atoms with van der Waals surface area (Å²) in [6.07, 6.45) is 2.58. The highest BCUT2D eigenvalue weighted by atomic mass is 19.4. The van der Waals surface area contributed by atoms with E-state index in [2.05, 4.69) is 34.9 Å². The van der Waals surface area contributed by atoms with Gasteiger partial charge in [0.25, 0.3) is 0 Å². The molecule has 218 valence electrons. The zero-order chi connectivity index (χ0) is 29.3. The van der Waals surface area contributed by atoms with Gasteiger partial charge in [-0.2, -0.15) is 13.2 Å². The highest BCUT2D eigenvalue weighted by molar-refractivity contribution is 5.92. The third-order valence-corrected chi connectivity index (χ3v) is 8.98. The number of hydrogen-bond donors (Lipinski definition) is 2. The van der Waals surface area contributed by atoms with E-state index in [1.54, 1.807) is 0 Å². The average Bonchev–Trinajstić information content (AvgIpc) is 3.45. The van der Waals surface area contributed by atoms with Crippen LogP contribution in [0.25, 0.3) is 6.08 Å². The van der Waals surface area contributed by atoms with Crippen molar-refractivity contribution in [1.29, 1.82) is 0 Å². The van der Waals surface area contributed by atoms with Gasteiger partial charge in [0, 0.05) is 30.3 Å². The molecule has 2 amide bonds. The quantitative estimate of drug-likeness (QED) is 0.319. The number of anilines is 1. The van der Waals surface area contributed by atoms with Crippen LogP contribution < -0.4 is 10.6 Å². The highest BCUT2D eigenvalue weighted by Crippen LogP contribution is 2.51. The fourth-order valence-electron chi connectivity index (χ4n) is 6.96. The molecule has 2 fully saturated rings. The van der Waals surface area contributed by atoms with Gasteiger partial charge in [-0.05, 0) is 60.2 Å². The van der Waals surface area contributed by atoms with Crippen LogP contribution in [0, 0.1) is 11.8 Å². The van der Waals surface area contributed by atoms with Crippen LogP contribution in [0.3, 0.4) is 0 Å². The van der Waals surface area contributed by atoms with Crippen molar-refractivity contribution in [3.63, 3.8) is 0 Å². The molecule has 8 heteroatoms. The van der Waals surface area contributed by atoms with Crippen molar-refractivity contribution in [3.05, 3.63) is 107 Å². The Kier molecular flexibility index (Phi) is 7.80. The van der Waals surface area contributed by atoms with Crippen LogP contribution >= 0.6 is 0 Å². The predicted molar refractivity (Wildman–Crippen MR) is 156 cm³/mol. The number of carbonyl (C=O) groups is 2. The monoisotopic (exact) mass is 573 g/mol. The van der Waals surface area contributed by atoms with E-state index in [1.807, 2.05) is 35.2 Å². The Morgan fingerprint density at radius 3 is 2.36 bits per heavy atom. The maximum atomic E-state index is 14.2. The summed E-state index contributed by atoms with van der Waals surface area (Å²) in [5, 5.41) is 6.78. The summed E-state index contributed by atoms with van der Waals surface area (Å²) >= 11 is 0. The maximum Gasteiger partial charge on any atom is 0.416 e. The lowest BCUT2D eigenvalue weighted by Gasteiger charge is -2.42. The lowest BCUT2D eigenvalue weighted by Crippen LogP contribution is -2.49. The normalized spacial score (nSPS) is 25.4. The summed E-state index contributed by atoms with van der Waals surface area (Å²) in [7, 11) is 0. The molecule has 1 aliphatic carbocycles. The molecule has 0 spiro atoms. The van der Waals surface area contributed by atoms with E-state index in [4.69, 9.17) is 0 Å². The van der Waals surface area contributed by atoms with E-state index < -0.39 is 11.7 Å². The van der Waals surface area contributed by atoms with E-state index in [0.29, 0.717) is 24.9 Å². The Morgan fingerprint density at radius 1 is 0.881 bits per heavy atom. The van der Waals surface area contributed by atoms with Crippen molar-refractivity contribution >= 4 is 23.6 Å². The van der Waals surface area contributed by atoms with Gasteiger partial charge in [0.2, 0.25) is 11.8 Å². The van der Waals surface area contributed by atoms with Crippen LogP contribution in [-0.2, 0) is 15.8 Å². The molecular formula is C34H34F3N3O2. The first-order valence-corrected chi connectivity index (χ1v) is 14.7. The molecule has 5 atom stereocenters. The topological polar surface area (TPSA) is 61.4 Å². The number of benzene rings is 3. The fourth-order valence-corrected chi connectivity index (χ4v) is 6.96. The van der Waals surface area contributed by atoms with E-state index >= 15 is 0 Å².